The normalized spacial score (nSPS) is 24.3. The van der Waals surface area contributed by atoms with Gasteiger partial charge < -0.3 is 24.2 Å². The average molecular weight is 529 g/mol. The number of methoxy groups -OCH3 is 1. The molecule has 0 unspecified atom stereocenters. The number of pyridine rings is 1. The fourth-order valence-corrected chi connectivity index (χ4v) is 6.08. The molecule has 5 heterocycles. The standard InChI is InChI=1S/C29H36N8O2/c1-21-17-37(26-6-5-22(16-30)28-25(26)4-3-9-31-28)20-24(39-21)18-34-12-14-35(15-13-34)27-7-10-32-29(33-27)36-11-8-23(19-36)38-2/h3-7,9-10,21,23-24H,8,11-15,17-20H2,1-2H3/t21-,23-,24+/m1/s1. The van der Waals surface area contributed by atoms with Crippen molar-refractivity contribution in [2.24, 2.45) is 0 Å². The van der Waals surface area contributed by atoms with Crippen molar-refractivity contribution < 1.29 is 9.47 Å². The van der Waals surface area contributed by atoms with E-state index in [9.17, 15) is 5.26 Å². The number of morpholine rings is 1. The minimum Gasteiger partial charge on any atom is -0.380 e. The number of fused-ring (bicyclic) bond motifs is 1. The Hall–Kier alpha value is -3.52. The van der Waals surface area contributed by atoms with Crippen molar-refractivity contribution in [2.45, 2.75) is 31.7 Å². The molecular formula is C29H36N8O2. The molecule has 3 aromatic rings. The van der Waals surface area contributed by atoms with Crippen LogP contribution in [0.4, 0.5) is 17.5 Å². The summed E-state index contributed by atoms with van der Waals surface area (Å²) in [5.74, 6) is 1.79. The molecule has 0 spiro atoms. The fourth-order valence-electron chi connectivity index (χ4n) is 6.08. The topological polar surface area (TPSA) is 93.9 Å². The lowest BCUT2D eigenvalue weighted by Crippen LogP contribution is -2.54. The Labute approximate surface area is 229 Å². The highest BCUT2D eigenvalue weighted by Gasteiger charge is 2.30. The lowest BCUT2D eigenvalue weighted by Gasteiger charge is -2.42. The van der Waals surface area contributed by atoms with Crippen LogP contribution in [-0.4, -0.2) is 104 Å². The first-order valence-corrected chi connectivity index (χ1v) is 13.9. The summed E-state index contributed by atoms with van der Waals surface area (Å²) in [5.41, 5.74) is 2.50. The number of nitrogens with zero attached hydrogens (tertiary/aromatic N) is 8. The SMILES string of the molecule is CO[C@@H]1CCN(c2nccc(N3CCN(C[C@H]4CN(c5ccc(C#N)c6ncccc56)C[C@@H](C)O4)CC3)n2)C1. The van der Waals surface area contributed by atoms with Crippen LogP contribution in [0.3, 0.4) is 0 Å². The van der Waals surface area contributed by atoms with Crippen molar-refractivity contribution in [3.8, 4) is 6.07 Å². The van der Waals surface area contributed by atoms with E-state index in [0.717, 1.165) is 93.7 Å². The molecule has 10 nitrogen and oxygen atoms in total. The average Bonchev–Trinajstić information content (AvgIpc) is 3.46. The monoisotopic (exact) mass is 528 g/mol. The van der Waals surface area contributed by atoms with Gasteiger partial charge in [0, 0.05) is 89.5 Å². The van der Waals surface area contributed by atoms with Gasteiger partial charge in [-0.05, 0) is 43.7 Å². The Bertz CT molecular complexity index is 1340. The van der Waals surface area contributed by atoms with E-state index in [-0.39, 0.29) is 18.3 Å². The van der Waals surface area contributed by atoms with Crippen LogP contribution in [0.1, 0.15) is 18.9 Å². The molecular weight excluding hydrogens is 492 g/mol. The van der Waals surface area contributed by atoms with Crippen molar-refractivity contribution in [2.75, 3.05) is 80.7 Å². The van der Waals surface area contributed by atoms with Gasteiger partial charge >= 0.3 is 0 Å². The number of hydrogen-bond acceptors (Lipinski definition) is 10. The van der Waals surface area contributed by atoms with Crippen LogP contribution >= 0.6 is 0 Å². The second kappa shape index (κ2) is 11.3. The van der Waals surface area contributed by atoms with E-state index >= 15 is 0 Å². The maximum Gasteiger partial charge on any atom is 0.227 e. The summed E-state index contributed by atoms with van der Waals surface area (Å²) in [4.78, 5) is 23.4. The number of aromatic nitrogens is 3. The van der Waals surface area contributed by atoms with E-state index in [1.165, 1.54) is 0 Å². The van der Waals surface area contributed by atoms with Crippen LogP contribution < -0.4 is 14.7 Å². The molecule has 0 aliphatic carbocycles. The van der Waals surface area contributed by atoms with Gasteiger partial charge in [-0.15, -0.1) is 0 Å². The van der Waals surface area contributed by atoms with Gasteiger partial charge in [0.1, 0.15) is 11.9 Å². The first kappa shape index (κ1) is 25.7. The van der Waals surface area contributed by atoms with Gasteiger partial charge in [0.25, 0.3) is 0 Å². The van der Waals surface area contributed by atoms with Gasteiger partial charge in [-0.1, -0.05) is 0 Å². The molecule has 0 radical (unpaired) electrons. The molecule has 2 aromatic heterocycles. The van der Waals surface area contributed by atoms with E-state index in [0.29, 0.717) is 5.56 Å². The molecule has 0 saturated carbocycles. The lowest BCUT2D eigenvalue weighted by molar-refractivity contribution is -0.0327. The largest absolute Gasteiger partial charge is 0.380 e. The molecule has 204 valence electrons. The minimum atomic E-state index is 0.109. The molecule has 3 fully saturated rings. The van der Waals surface area contributed by atoms with Crippen molar-refractivity contribution >= 4 is 28.4 Å². The predicted octanol–water partition coefficient (Wildman–Crippen LogP) is 2.54. The number of anilines is 3. The van der Waals surface area contributed by atoms with Crippen molar-refractivity contribution in [1.82, 2.24) is 19.9 Å². The highest BCUT2D eigenvalue weighted by molar-refractivity contribution is 5.95. The van der Waals surface area contributed by atoms with Gasteiger partial charge in [-0.3, -0.25) is 9.88 Å². The summed E-state index contributed by atoms with van der Waals surface area (Å²) in [6.45, 7) is 10.2. The zero-order valence-electron chi connectivity index (χ0n) is 22.7. The van der Waals surface area contributed by atoms with Crippen LogP contribution in [0.2, 0.25) is 0 Å². The van der Waals surface area contributed by atoms with Crippen molar-refractivity contribution in [1.29, 1.82) is 5.26 Å². The van der Waals surface area contributed by atoms with Gasteiger partial charge in [0.05, 0.1) is 29.4 Å². The highest BCUT2D eigenvalue weighted by Crippen LogP contribution is 2.30. The molecule has 3 atom stereocenters. The van der Waals surface area contributed by atoms with Crippen LogP contribution in [0.15, 0.2) is 42.7 Å². The smallest absolute Gasteiger partial charge is 0.227 e. The van der Waals surface area contributed by atoms with Crippen LogP contribution in [0, 0.1) is 11.3 Å². The Morgan fingerprint density at radius 1 is 0.974 bits per heavy atom. The van der Waals surface area contributed by atoms with Crippen molar-refractivity contribution in [3.63, 3.8) is 0 Å². The summed E-state index contributed by atoms with van der Waals surface area (Å²) < 4.78 is 11.9. The van der Waals surface area contributed by atoms with Crippen LogP contribution in [-0.2, 0) is 9.47 Å². The molecule has 0 bridgehead atoms. The molecule has 6 rings (SSSR count). The van der Waals surface area contributed by atoms with Crippen LogP contribution in [0.25, 0.3) is 10.9 Å². The molecule has 0 N–H and O–H groups in total. The Kier molecular flexibility index (Phi) is 7.46. The lowest BCUT2D eigenvalue weighted by atomic mass is 10.1. The molecule has 0 amide bonds. The van der Waals surface area contributed by atoms with E-state index in [1.54, 1.807) is 13.3 Å². The Morgan fingerprint density at radius 2 is 1.85 bits per heavy atom. The summed E-state index contributed by atoms with van der Waals surface area (Å²) >= 11 is 0. The van der Waals surface area contributed by atoms with Crippen LogP contribution in [0.5, 0.6) is 0 Å². The molecule has 3 aliphatic heterocycles. The third-order valence-electron chi connectivity index (χ3n) is 8.08. The predicted molar refractivity (Wildman–Crippen MR) is 151 cm³/mol. The number of hydrogen-bond donors (Lipinski definition) is 0. The van der Waals surface area contributed by atoms with E-state index in [4.69, 9.17) is 14.5 Å². The first-order valence-electron chi connectivity index (χ1n) is 13.9. The highest BCUT2D eigenvalue weighted by atomic mass is 16.5. The van der Waals surface area contributed by atoms with E-state index in [2.05, 4.69) is 54.7 Å². The Morgan fingerprint density at radius 3 is 2.64 bits per heavy atom. The summed E-state index contributed by atoms with van der Waals surface area (Å²) in [7, 11) is 1.77. The van der Waals surface area contributed by atoms with E-state index < -0.39 is 0 Å². The molecule has 39 heavy (non-hydrogen) atoms. The quantitative estimate of drug-likeness (QED) is 0.475. The summed E-state index contributed by atoms with van der Waals surface area (Å²) in [6.07, 6.45) is 5.13. The molecule has 3 aliphatic rings. The number of piperazine rings is 1. The molecule has 3 saturated heterocycles. The maximum atomic E-state index is 9.53. The third kappa shape index (κ3) is 5.48. The number of benzene rings is 1. The van der Waals surface area contributed by atoms with Gasteiger partial charge in [0.2, 0.25) is 5.95 Å². The number of ether oxygens (including phenoxy) is 2. The van der Waals surface area contributed by atoms with Crippen molar-refractivity contribution in [3.05, 3.63) is 48.3 Å². The first-order chi connectivity index (χ1) is 19.1. The zero-order chi connectivity index (χ0) is 26.8. The van der Waals surface area contributed by atoms with Gasteiger partial charge in [-0.2, -0.15) is 10.2 Å². The third-order valence-corrected chi connectivity index (χ3v) is 8.08. The second-order valence-electron chi connectivity index (χ2n) is 10.7. The molecule has 1 aromatic carbocycles. The molecule has 10 heteroatoms. The van der Waals surface area contributed by atoms with Gasteiger partial charge in [-0.25, -0.2) is 4.98 Å². The number of rotatable bonds is 6. The number of nitriles is 1. The van der Waals surface area contributed by atoms with Gasteiger partial charge in [0.15, 0.2) is 0 Å². The maximum absolute atomic E-state index is 9.53. The fraction of sp³-hybridized carbons (Fsp3) is 0.517. The minimum absolute atomic E-state index is 0.109. The van der Waals surface area contributed by atoms with E-state index in [1.807, 2.05) is 24.4 Å². The zero-order valence-corrected chi connectivity index (χ0v) is 22.7. The Balaban J connectivity index is 1.08. The second-order valence-corrected chi connectivity index (χ2v) is 10.7. The summed E-state index contributed by atoms with van der Waals surface area (Å²) in [6, 6.07) is 12.2. The summed E-state index contributed by atoms with van der Waals surface area (Å²) in [5, 5.41) is 10.6.